The molecule has 0 aliphatic carbocycles. The maximum Gasteiger partial charge on any atom is 0.126 e. The number of hydrogen-bond donors (Lipinski definition) is 1. The van der Waals surface area contributed by atoms with Gasteiger partial charge in [-0.1, -0.05) is 0 Å². The standard InChI is InChI=1S/C13H14F2N2S/c1-8-6-17-13(18-8)7-16-9(2)10-3-11(14)5-12(15)4-10/h3-6,9,16H,7H2,1-2H3. The topological polar surface area (TPSA) is 24.9 Å². The average Bonchev–Trinajstić information content (AvgIpc) is 2.70. The molecule has 1 aromatic heterocycles. The molecular formula is C13H14F2N2S. The van der Waals surface area contributed by atoms with Crippen LogP contribution < -0.4 is 5.32 Å². The van der Waals surface area contributed by atoms with Gasteiger partial charge in [-0.15, -0.1) is 11.3 Å². The van der Waals surface area contributed by atoms with Gasteiger partial charge in [0.1, 0.15) is 16.6 Å². The quantitative estimate of drug-likeness (QED) is 0.916. The lowest BCUT2D eigenvalue weighted by Crippen LogP contribution is -2.18. The molecule has 18 heavy (non-hydrogen) atoms. The van der Waals surface area contributed by atoms with E-state index in [-0.39, 0.29) is 6.04 Å². The summed E-state index contributed by atoms with van der Waals surface area (Å²) in [6.07, 6.45) is 1.81. The van der Waals surface area contributed by atoms with E-state index in [1.54, 1.807) is 11.3 Å². The van der Waals surface area contributed by atoms with E-state index in [1.807, 2.05) is 20.0 Å². The lowest BCUT2D eigenvalue weighted by molar-refractivity contribution is 0.545. The van der Waals surface area contributed by atoms with Crippen LogP contribution in [-0.4, -0.2) is 4.98 Å². The molecule has 2 aromatic rings. The third kappa shape index (κ3) is 3.34. The molecule has 2 nitrogen and oxygen atoms in total. The van der Waals surface area contributed by atoms with Gasteiger partial charge in [0.25, 0.3) is 0 Å². The fourth-order valence-electron chi connectivity index (χ4n) is 1.67. The van der Waals surface area contributed by atoms with E-state index in [2.05, 4.69) is 10.3 Å². The van der Waals surface area contributed by atoms with Crippen LogP contribution in [0.2, 0.25) is 0 Å². The molecule has 5 heteroatoms. The Hall–Kier alpha value is -1.33. The minimum absolute atomic E-state index is 0.126. The van der Waals surface area contributed by atoms with E-state index >= 15 is 0 Å². The second kappa shape index (κ2) is 5.54. The molecule has 1 N–H and O–H groups in total. The van der Waals surface area contributed by atoms with Crippen LogP contribution in [0.5, 0.6) is 0 Å². The Labute approximate surface area is 109 Å². The fraction of sp³-hybridized carbons (Fsp3) is 0.308. The highest BCUT2D eigenvalue weighted by Gasteiger charge is 2.09. The molecule has 0 aliphatic rings. The predicted octanol–water partition coefficient (Wildman–Crippen LogP) is 3.58. The Morgan fingerprint density at radius 1 is 1.28 bits per heavy atom. The molecular weight excluding hydrogens is 254 g/mol. The van der Waals surface area contributed by atoms with Crippen LogP contribution >= 0.6 is 11.3 Å². The smallest absolute Gasteiger partial charge is 0.126 e. The molecule has 0 bridgehead atoms. The van der Waals surface area contributed by atoms with Gasteiger partial charge in [0.2, 0.25) is 0 Å². The van der Waals surface area contributed by atoms with Gasteiger partial charge in [-0.2, -0.15) is 0 Å². The van der Waals surface area contributed by atoms with Crippen LogP contribution in [0.3, 0.4) is 0 Å². The molecule has 0 fully saturated rings. The summed E-state index contributed by atoms with van der Waals surface area (Å²) in [6.45, 7) is 4.46. The number of aromatic nitrogens is 1. The first-order valence-electron chi connectivity index (χ1n) is 5.65. The lowest BCUT2D eigenvalue weighted by atomic mass is 10.1. The maximum atomic E-state index is 13.1. The largest absolute Gasteiger partial charge is 0.304 e. The molecule has 1 atom stereocenters. The lowest BCUT2D eigenvalue weighted by Gasteiger charge is -2.13. The molecule has 0 saturated carbocycles. The Morgan fingerprint density at radius 2 is 1.94 bits per heavy atom. The number of benzene rings is 1. The van der Waals surface area contributed by atoms with Crippen molar-refractivity contribution in [3.05, 3.63) is 51.5 Å². The van der Waals surface area contributed by atoms with Crippen molar-refractivity contribution in [2.24, 2.45) is 0 Å². The highest BCUT2D eigenvalue weighted by Crippen LogP contribution is 2.17. The van der Waals surface area contributed by atoms with Crippen molar-refractivity contribution >= 4 is 11.3 Å². The van der Waals surface area contributed by atoms with E-state index in [1.165, 1.54) is 12.1 Å². The summed E-state index contributed by atoms with van der Waals surface area (Å²) in [6, 6.07) is 3.43. The normalized spacial score (nSPS) is 12.7. The van der Waals surface area contributed by atoms with Crippen molar-refractivity contribution in [1.82, 2.24) is 10.3 Å². The monoisotopic (exact) mass is 268 g/mol. The Bertz CT molecular complexity index is 519. The molecule has 96 valence electrons. The molecule has 1 heterocycles. The molecule has 0 spiro atoms. The Morgan fingerprint density at radius 3 is 2.50 bits per heavy atom. The molecule has 1 unspecified atom stereocenters. The van der Waals surface area contributed by atoms with Crippen LogP contribution in [0, 0.1) is 18.6 Å². The zero-order valence-electron chi connectivity index (χ0n) is 10.2. The van der Waals surface area contributed by atoms with E-state index in [4.69, 9.17) is 0 Å². The fourth-order valence-corrected chi connectivity index (χ4v) is 2.40. The van der Waals surface area contributed by atoms with Gasteiger partial charge >= 0.3 is 0 Å². The number of rotatable bonds is 4. The first kappa shape index (κ1) is 13.1. The van der Waals surface area contributed by atoms with E-state index < -0.39 is 11.6 Å². The summed E-state index contributed by atoms with van der Waals surface area (Å²) in [5, 5.41) is 4.17. The minimum atomic E-state index is -0.552. The number of hydrogen-bond acceptors (Lipinski definition) is 3. The average molecular weight is 268 g/mol. The van der Waals surface area contributed by atoms with Crippen LogP contribution in [0.25, 0.3) is 0 Å². The molecule has 1 aromatic carbocycles. The van der Waals surface area contributed by atoms with Crippen molar-refractivity contribution in [3.63, 3.8) is 0 Å². The second-order valence-electron chi connectivity index (χ2n) is 4.17. The van der Waals surface area contributed by atoms with E-state index in [0.29, 0.717) is 12.1 Å². The summed E-state index contributed by atoms with van der Waals surface area (Å²) in [5.74, 6) is -1.10. The summed E-state index contributed by atoms with van der Waals surface area (Å²) >= 11 is 1.61. The molecule has 0 saturated heterocycles. The highest BCUT2D eigenvalue weighted by molar-refractivity contribution is 7.11. The number of halogens is 2. The van der Waals surface area contributed by atoms with Crippen LogP contribution in [0.4, 0.5) is 8.78 Å². The highest BCUT2D eigenvalue weighted by atomic mass is 32.1. The van der Waals surface area contributed by atoms with Gasteiger partial charge in [-0.3, -0.25) is 0 Å². The third-order valence-corrected chi connectivity index (χ3v) is 3.53. The van der Waals surface area contributed by atoms with E-state index in [0.717, 1.165) is 16.0 Å². The van der Waals surface area contributed by atoms with Gasteiger partial charge in [0, 0.05) is 29.7 Å². The minimum Gasteiger partial charge on any atom is -0.304 e. The van der Waals surface area contributed by atoms with Gasteiger partial charge in [0.15, 0.2) is 0 Å². The SMILES string of the molecule is Cc1cnc(CNC(C)c2cc(F)cc(F)c2)s1. The first-order chi connectivity index (χ1) is 8.54. The van der Waals surface area contributed by atoms with Crippen molar-refractivity contribution < 1.29 is 8.78 Å². The zero-order valence-corrected chi connectivity index (χ0v) is 11.0. The van der Waals surface area contributed by atoms with Crippen molar-refractivity contribution in [2.45, 2.75) is 26.4 Å². The number of nitrogens with one attached hydrogen (secondary N) is 1. The van der Waals surface area contributed by atoms with Gasteiger partial charge in [-0.25, -0.2) is 13.8 Å². The zero-order chi connectivity index (χ0) is 13.1. The molecule has 0 radical (unpaired) electrons. The van der Waals surface area contributed by atoms with Crippen molar-refractivity contribution in [1.29, 1.82) is 0 Å². The Balaban J connectivity index is 2.01. The molecule has 0 amide bonds. The van der Waals surface area contributed by atoms with E-state index in [9.17, 15) is 8.78 Å². The van der Waals surface area contributed by atoms with Gasteiger partial charge in [-0.05, 0) is 31.5 Å². The second-order valence-corrected chi connectivity index (χ2v) is 5.49. The van der Waals surface area contributed by atoms with Crippen LogP contribution in [0.15, 0.2) is 24.4 Å². The van der Waals surface area contributed by atoms with Gasteiger partial charge < -0.3 is 5.32 Å². The summed E-state index contributed by atoms with van der Waals surface area (Å²) in [4.78, 5) is 5.37. The first-order valence-corrected chi connectivity index (χ1v) is 6.47. The summed E-state index contributed by atoms with van der Waals surface area (Å²) in [5.41, 5.74) is 0.598. The van der Waals surface area contributed by atoms with Gasteiger partial charge in [0.05, 0.1) is 0 Å². The third-order valence-electron chi connectivity index (χ3n) is 2.61. The predicted molar refractivity (Wildman–Crippen MR) is 68.5 cm³/mol. The molecule has 0 aliphatic heterocycles. The van der Waals surface area contributed by atoms with Crippen molar-refractivity contribution in [2.75, 3.05) is 0 Å². The van der Waals surface area contributed by atoms with Crippen LogP contribution in [0.1, 0.15) is 28.4 Å². The van der Waals surface area contributed by atoms with Crippen molar-refractivity contribution in [3.8, 4) is 0 Å². The van der Waals surface area contributed by atoms with Crippen LogP contribution in [-0.2, 0) is 6.54 Å². The number of aryl methyl sites for hydroxylation is 1. The summed E-state index contributed by atoms with van der Waals surface area (Å²) < 4.78 is 26.2. The maximum absolute atomic E-state index is 13.1. The number of nitrogens with zero attached hydrogens (tertiary/aromatic N) is 1. The molecule has 2 rings (SSSR count). The number of thiazole rings is 1. The summed E-state index contributed by atoms with van der Waals surface area (Å²) in [7, 11) is 0. The Kier molecular flexibility index (Phi) is 4.04.